The van der Waals surface area contributed by atoms with E-state index < -0.39 is 0 Å². The van der Waals surface area contributed by atoms with Crippen molar-refractivity contribution in [3.8, 4) is 22.7 Å². The van der Waals surface area contributed by atoms with Crippen molar-refractivity contribution in [1.82, 2.24) is 4.57 Å². The Kier molecular flexibility index (Phi) is 5.63. The van der Waals surface area contributed by atoms with Crippen LogP contribution in [0.1, 0.15) is 5.56 Å². The molecule has 0 aliphatic rings. The predicted octanol–water partition coefficient (Wildman–Crippen LogP) is 5.29. The fraction of sp³-hybridized carbons (Fsp3) is 0.0435. The molecule has 1 heterocycles. The van der Waals surface area contributed by atoms with Crippen LogP contribution in [0.3, 0.4) is 0 Å². The Hall–Kier alpha value is -3.51. The highest BCUT2D eigenvalue weighted by Gasteiger charge is 2.10. The highest BCUT2D eigenvalue weighted by atomic mass is 32.1. The molecule has 6 heteroatoms. The molecule has 29 heavy (non-hydrogen) atoms. The monoisotopic (exact) mass is 403 g/mol. The first-order valence-electron chi connectivity index (χ1n) is 8.98. The van der Waals surface area contributed by atoms with Crippen LogP contribution in [0.15, 0.2) is 94.4 Å². The maximum absolute atomic E-state index is 13.8. The summed E-state index contributed by atoms with van der Waals surface area (Å²) in [5, 5.41) is 10.5. The largest absolute Gasteiger partial charge is 0.497 e. The zero-order valence-electron chi connectivity index (χ0n) is 15.7. The second-order valence-corrected chi connectivity index (χ2v) is 7.01. The minimum Gasteiger partial charge on any atom is -0.497 e. The van der Waals surface area contributed by atoms with E-state index in [0.29, 0.717) is 10.4 Å². The van der Waals surface area contributed by atoms with Crippen molar-refractivity contribution in [2.24, 2.45) is 10.2 Å². The van der Waals surface area contributed by atoms with Gasteiger partial charge in [-0.3, -0.25) is 4.57 Å². The second-order valence-electron chi connectivity index (χ2n) is 6.17. The van der Waals surface area contributed by atoms with E-state index in [1.807, 2.05) is 64.5 Å². The van der Waals surface area contributed by atoms with Gasteiger partial charge in [0.1, 0.15) is 11.6 Å². The lowest BCUT2D eigenvalue weighted by atomic mass is 10.1. The highest BCUT2D eigenvalue weighted by Crippen LogP contribution is 2.25. The van der Waals surface area contributed by atoms with Crippen LogP contribution in [0.2, 0.25) is 0 Å². The van der Waals surface area contributed by atoms with Crippen LogP contribution in [-0.4, -0.2) is 17.9 Å². The van der Waals surface area contributed by atoms with Gasteiger partial charge in [-0.25, -0.2) is 4.39 Å². The molecule has 0 bridgehead atoms. The molecule has 0 amide bonds. The van der Waals surface area contributed by atoms with Crippen molar-refractivity contribution in [3.05, 3.63) is 100 Å². The summed E-state index contributed by atoms with van der Waals surface area (Å²) in [5.74, 6) is 0.474. The molecule has 0 saturated carbocycles. The van der Waals surface area contributed by atoms with Crippen molar-refractivity contribution < 1.29 is 9.13 Å². The van der Waals surface area contributed by atoms with Gasteiger partial charge in [0.05, 0.1) is 19.0 Å². The van der Waals surface area contributed by atoms with E-state index in [1.165, 1.54) is 23.6 Å². The zero-order chi connectivity index (χ0) is 20.1. The summed E-state index contributed by atoms with van der Waals surface area (Å²) in [6.07, 6.45) is 1.43. The lowest BCUT2D eigenvalue weighted by Crippen LogP contribution is -2.13. The molecule has 144 valence electrons. The van der Waals surface area contributed by atoms with E-state index in [-0.39, 0.29) is 5.82 Å². The second kappa shape index (κ2) is 8.67. The Balaban J connectivity index is 1.80. The van der Waals surface area contributed by atoms with Gasteiger partial charge in [0.15, 0.2) is 0 Å². The van der Waals surface area contributed by atoms with Crippen molar-refractivity contribution in [1.29, 1.82) is 0 Å². The Bertz CT molecular complexity index is 1190. The average molecular weight is 403 g/mol. The summed E-state index contributed by atoms with van der Waals surface area (Å²) < 4.78 is 21.1. The number of hydrogen-bond acceptors (Lipinski definition) is 4. The highest BCUT2D eigenvalue weighted by molar-refractivity contribution is 7.07. The molecule has 0 spiro atoms. The minimum atomic E-state index is -0.326. The molecule has 0 unspecified atom stereocenters. The molecule has 1 aromatic heterocycles. The number of thiazole rings is 1. The Morgan fingerprint density at radius 1 is 0.931 bits per heavy atom. The minimum absolute atomic E-state index is 0.326. The fourth-order valence-corrected chi connectivity index (χ4v) is 3.75. The number of aromatic nitrogens is 1. The van der Waals surface area contributed by atoms with Crippen LogP contribution in [0, 0.1) is 5.82 Å². The fourth-order valence-electron chi connectivity index (χ4n) is 2.89. The molecule has 4 rings (SSSR count). The quantitative estimate of drug-likeness (QED) is 0.330. The van der Waals surface area contributed by atoms with Gasteiger partial charge in [-0.05, 0) is 48.0 Å². The van der Waals surface area contributed by atoms with Crippen molar-refractivity contribution >= 4 is 17.6 Å². The van der Waals surface area contributed by atoms with Crippen molar-refractivity contribution in [2.45, 2.75) is 0 Å². The van der Waals surface area contributed by atoms with Gasteiger partial charge >= 0.3 is 0 Å². The number of nitrogens with zero attached hydrogens (tertiary/aromatic N) is 3. The van der Waals surface area contributed by atoms with E-state index in [1.54, 1.807) is 25.3 Å². The standard InChI is InChI=1S/C23H18FN3OS/c1-28-20-13-11-17(12-14-20)22-16-29-23(27(22)19-8-3-2-4-9-19)26-25-15-18-7-5-6-10-21(18)24/h2-16H,1H3/b25-15+,26-23-. The molecule has 4 aromatic rings. The summed E-state index contributed by atoms with van der Waals surface area (Å²) in [6, 6.07) is 24.3. The number of benzene rings is 3. The van der Waals surface area contributed by atoms with E-state index in [2.05, 4.69) is 10.2 Å². The Morgan fingerprint density at radius 3 is 2.38 bits per heavy atom. The summed E-state index contributed by atoms with van der Waals surface area (Å²) in [6.45, 7) is 0. The Labute approximate surface area is 171 Å². The molecule has 0 radical (unpaired) electrons. The number of hydrogen-bond donors (Lipinski definition) is 0. The lowest BCUT2D eigenvalue weighted by Gasteiger charge is -2.09. The van der Waals surface area contributed by atoms with Crippen LogP contribution >= 0.6 is 11.3 Å². The molecule has 0 saturated heterocycles. The lowest BCUT2D eigenvalue weighted by molar-refractivity contribution is 0.415. The number of halogens is 1. The van der Waals surface area contributed by atoms with E-state index >= 15 is 0 Å². The van der Waals surface area contributed by atoms with Gasteiger partial charge < -0.3 is 4.74 Å². The maximum atomic E-state index is 13.8. The molecular weight excluding hydrogens is 385 g/mol. The number of methoxy groups -OCH3 is 1. The molecule has 0 fully saturated rings. The van der Waals surface area contributed by atoms with Crippen LogP contribution in [0.5, 0.6) is 5.75 Å². The first-order valence-corrected chi connectivity index (χ1v) is 9.86. The summed E-state index contributed by atoms with van der Waals surface area (Å²) in [5.41, 5.74) is 3.39. The number of ether oxygens (including phenoxy) is 1. The van der Waals surface area contributed by atoms with Gasteiger partial charge in [-0.2, -0.15) is 5.10 Å². The van der Waals surface area contributed by atoms with Crippen LogP contribution in [0.4, 0.5) is 4.39 Å². The summed E-state index contributed by atoms with van der Waals surface area (Å²) in [4.78, 5) is 0.689. The van der Waals surface area contributed by atoms with E-state index in [0.717, 1.165) is 22.7 Å². The van der Waals surface area contributed by atoms with Crippen molar-refractivity contribution in [3.63, 3.8) is 0 Å². The van der Waals surface area contributed by atoms with Gasteiger partial charge in [-0.1, -0.05) is 36.4 Å². The van der Waals surface area contributed by atoms with Gasteiger partial charge in [-0.15, -0.1) is 16.4 Å². The van der Waals surface area contributed by atoms with Crippen LogP contribution in [-0.2, 0) is 0 Å². The van der Waals surface area contributed by atoms with Crippen LogP contribution < -0.4 is 9.54 Å². The zero-order valence-corrected chi connectivity index (χ0v) is 16.5. The summed E-state index contributed by atoms with van der Waals surface area (Å²) >= 11 is 1.47. The topological polar surface area (TPSA) is 38.9 Å². The third-order valence-corrected chi connectivity index (χ3v) is 5.17. The first-order chi connectivity index (χ1) is 14.3. The SMILES string of the molecule is COc1ccc(-c2cs/c(=N\N=C\c3ccccc3F)n2-c2ccccc2)cc1. The maximum Gasteiger partial charge on any atom is 0.215 e. The molecular formula is C23H18FN3OS. The van der Waals surface area contributed by atoms with Crippen LogP contribution in [0.25, 0.3) is 16.9 Å². The van der Waals surface area contributed by atoms with Crippen molar-refractivity contribution in [2.75, 3.05) is 7.11 Å². The van der Waals surface area contributed by atoms with Gasteiger partial charge in [0, 0.05) is 16.6 Å². The molecule has 0 aliphatic carbocycles. The smallest absolute Gasteiger partial charge is 0.215 e. The van der Waals surface area contributed by atoms with E-state index in [9.17, 15) is 4.39 Å². The molecule has 4 nitrogen and oxygen atoms in total. The number of para-hydroxylation sites is 1. The summed E-state index contributed by atoms with van der Waals surface area (Å²) in [7, 11) is 1.65. The average Bonchev–Trinajstić information content (AvgIpc) is 3.19. The van der Waals surface area contributed by atoms with Gasteiger partial charge in [0.25, 0.3) is 0 Å². The molecule has 3 aromatic carbocycles. The first kappa shape index (κ1) is 18.8. The third-order valence-electron chi connectivity index (χ3n) is 4.35. The normalized spacial score (nSPS) is 11.9. The van der Waals surface area contributed by atoms with Gasteiger partial charge in [0.2, 0.25) is 4.80 Å². The van der Waals surface area contributed by atoms with E-state index in [4.69, 9.17) is 4.74 Å². The Morgan fingerprint density at radius 2 is 1.66 bits per heavy atom. The molecule has 0 N–H and O–H groups in total. The molecule has 0 atom stereocenters. The number of rotatable bonds is 5. The molecule has 0 aliphatic heterocycles. The third kappa shape index (κ3) is 4.17. The predicted molar refractivity (Wildman–Crippen MR) is 115 cm³/mol.